The topological polar surface area (TPSA) is 42.4 Å². The van der Waals surface area contributed by atoms with E-state index in [9.17, 15) is 4.79 Å². The summed E-state index contributed by atoms with van der Waals surface area (Å²) >= 11 is 1.45. The minimum absolute atomic E-state index is 0.0497. The van der Waals surface area contributed by atoms with Crippen molar-refractivity contribution in [2.45, 2.75) is 33.3 Å². The Morgan fingerprint density at radius 1 is 1.32 bits per heavy atom. The average Bonchev–Trinajstić information content (AvgIpc) is 3.00. The third kappa shape index (κ3) is 4.07. The minimum Gasteiger partial charge on any atom is -0.486 e. The van der Waals surface area contributed by atoms with Gasteiger partial charge in [0.15, 0.2) is 0 Å². The lowest BCUT2D eigenvalue weighted by molar-refractivity contribution is 0.0797. The molecule has 0 fully saturated rings. The monoisotopic (exact) mass is 318 g/mol. The van der Waals surface area contributed by atoms with Crippen LogP contribution >= 0.6 is 11.3 Å². The van der Waals surface area contributed by atoms with Crippen LogP contribution in [0.4, 0.5) is 0 Å². The van der Waals surface area contributed by atoms with Gasteiger partial charge in [-0.25, -0.2) is 4.98 Å². The van der Waals surface area contributed by atoms with E-state index in [2.05, 4.69) is 31.0 Å². The molecule has 0 bridgehead atoms. The van der Waals surface area contributed by atoms with Gasteiger partial charge in [0.1, 0.15) is 23.1 Å². The van der Waals surface area contributed by atoms with Crippen LogP contribution in [0.25, 0.3) is 0 Å². The molecule has 118 valence electrons. The van der Waals surface area contributed by atoms with Crippen molar-refractivity contribution in [1.82, 2.24) is 9.88 Å². The summed E-state index contributed by atoms with van der Waals surface area (Å²) in [5, 5.41) is 2.59. The predicted octanol–water partition coefficient (Wildman–Crippen LogP) is 3.94. The number of ether oxygens (including phenoxy) is 1. The second-order valence-corrected chi connectivity index (χ2v) is 6.40. The summed E-state index contributed by atoms with van der Waals surface area (Å²) in [7, 11) is 1.77. The summed E-state index contributed by atoms with van der Waals surface area (Å²) in [4.78, 5) is 18.0. The second kappa shape index (κ2) is 7.40. The number of carbonyl (C=O) groups is 1. The lowest BCUT2D eigenvalue weighted by atomic mass is 10.0. The zero-order valence-corrected chi connectivity index (χ0v) is 14.3. The SMILES string of the molecule is CCN(C)C(=O)c1csc(COc2ccc(C(C)C)cc2)n1. The Bertz CT molecular complexity index is 620. The van der Waals surface area contributed by atoms with Crippen molar-refractivity contribution < 1.29 is 9.53 Å². The molecule has 0 spiro atoms. The molecule has 0 aliphatic rings. The fourth-order valence-corrected chi connectivity index (χ4v) is 2.59. The third-order valence-corrected chi connectivity index (χ3v) is 4.32. The van der Waals surface area contributed by atoms with E-state index in [-0.39, 0.29) is 5.91 Å². The molecular formula is C17H22N2O2S. The molecule has 22 heavy (non-hydrogen) atoms. The highest BCUT2D eigenvalue weighted by Gasteiger charge is 2.14. The van der Waals surface area contributed by atoms with Crippen molar-refractivity contribution in [1.29, 1.82) is 0 Å². The molecule has 1 amide bonds. The standard InChI is InChI=1S/C17H22N2O2S/c1-5-19(4)17(20)15-11-22-16(18-15)10-21-14-8-6-13(7-9-14)12(2)3/h6-9,11-12H,5,10H2,1-4H3. The fourth-order valence-electron chi connectivity index (χ4n) is 1.91. The number of aromatic nitrogens is 1. The molecule has 0 radical (unpaired) electrons. The van der Waals surface area contributed by atoms with Gasteiger partial charge in [0, 0.05) is 19.0 Å². The smallest absolute Gasteiger partial charge is 0.273 e. The van der Waals surface area contributed by atoms with E-state index < -0.39 is 0 Å². The Kier molecular flexibility index (Phi) is 5.55. The van der Waals surface area contributed by atoms with E-state index >= 15 is 0 Å². The minimum atomic E-state index is -0.0497. The lowest BCUT2D eigenvalue weighted by Crippen LogP contribution is -2.26. The normalized spacial score (nSPS) is 10.8. The molecule has 1 aromatic carbocycles. The molecule has 0 N–H and O–H groups in total. The van der Waals surface area contributed by atoms with Crippen LogP contribution in [0.3, 0.4) is 0 Å². The molecule has 0 aliphatic heterocycles. The van der Waals surface area contributed by atoms with Crippen LogP contribution in [0.1, 0.15) is 47.7 Å². The number of hydrogen-bond donors (Lipinski definition) is 0. The quantitative estimate of drug-likeness (QED) is 0.810. The highest BCUT2D eigenvalue weighted by Crippen LogP contribution is 2.20. The van der Waals surface area contributed by atoms with Crippen molar-refractivity contribution in [2.24, 2.45) is 0 Å². The predicted molar refractivity (Wildman–Crippen MR) is 89.6 cm³/mol. The van der Waals surface area contributed by atoms with Crippen LogP contribution in [0.5, 0.6) is 5.75 Å². The first kappa shape index (κ1) is 16.5. The van der Waals surface area contributed by atoms with Crippen molar-refractivity contribution >= 4 is 17.2 Å². The molecule has 0 unspecified atom stereocenters. The highest BCUT2D eigenvalue weighted by molar-refractivity contribution is 7.09. The van der Waals surface area contributed by atoms with Crippen molar-refractivity contribution in [3.8, 4) is 5.75 Å². The zero-order valence-electron chi connectivity index (χ0n) is 13.5. The number of thiazole rings is 1. The van der Waals surface area contributed by atoms with Crippen molar-refractivity contribution in [2.75, 3.05) is 13.6 Å². The molecule has 1 aromatic heterocycles. The summed E-state index contributed by atoms with van der Waals surface area (Å²) in [6.07, 6.45) is 0. The Morgan fingerprint density at radius 3 is 2.59 bits per heavy atom. The molecule has 0 saturated heterocycles. The maximum absolute atomic E-state index is 12.0. The van der Waals surface area contributed by atoms with Gasteiger partial charge in [-0.05, 0) is 30.5 Å². The van der Waals surface area contributed by atoms with E-state index in [1.165, 1.54) is 16.9 Å². The molecule has 2 aromatic rings. The largest absolute Gasteiger partial charge is 0.486 e. The van der Waals surface area contributed by atoms with Gasteiger partial charge in [0.05, 0.1) is 0 Å². The summed E-state index contributed by atoms with van der Waals surface area (Å²) in [5.41, 5.74) is 1.78. The number of rotatable bonds is 6. The number of amides is 1. The second-order valence-electron chi connectivity index (χ2n) is 5.46. The van der Waals surface area contributed by atoms with Crippen molar-refractivity contribution in [3.63, 3.8) is 0 Å². The summed E-state index contributed by atoms with van der Waals surface area (Å²) < 4.78 is 5.73. The van der Waals surface area contributed by atoms with Gasteiger partial charge in [-0.2, -0.15) is 0 Å². The number of nitrogens with zero attached hydrogens (tertiary/aromatic N) is 2. The van der Waals surface area contributed by atoms with E-state index in [0.717, 1.165) is 10.8 Å². The molecule has 1 heterocycles. The molecular weight excluding hydrogens is 296 g/mol. The van der Waals surface area contributed by atoms with E-state index in [4.69, 9.17) is 4.74 Å². The Hall–Kier alpha value is -1.88. The van der Waals surface area contributed by atoms with Crippen LogP contribution in [0.15, 0.2) is 29.6 Å². The highest BCUT2D eigenvalue weighted by atomic mass is 32.1. The number of carbonyl (C=O) groups excluding carboxylic acids is 1. The lowest BCUT2D eigenvalue weighted by Gasteiger charge is -2.11. The maximum atomic E-state index is 12.0. The van der Waals surface area contributed by atoms with E-state index in [1.54, 1.807) is 17.3 Å². The van der Waals surface area contributed by atoms with Crippen LogP contribution in [-0.2, 0) is 6.61 Å². The molecule has 0 aliphatic carbocycles. The first-order valence-corrected chi connectivity index (χ1v) is 8.31. The number of benzene rings is 1. The Morgan fingerprint density at radius 2 is 2.00 bits per heavy atom. The molecule has 2 rings (SSSR count). The zero-order chi connectivity index (χ0) is 16.1. The first-order valence-electron chi connectivity index (χ1n) is 7.44. The van der Waals surface area contributed by atoms with Gasteiger partial charge < -0.3 is 9.64 Å². The molecule has 0 saturated carbocycles. The van der Waals surface area contributed by atoms with Gasteiger partial charge >= 0.3 is 0 Å². The van der Waals surface area contributed by atoms with E-state index in [0.29, 0.717) is 24.8 Å². The van der Waals surface area contributed by atoms with Gasteiger partial charge in [-0.15, -0.1) is 11.3 Å². The summed E-state index contributed by atoms with van der Waals surface area (Å²) in [5.74, 6) is 1.28. The van der Waals surface area contributed by atoms with Gasteiger partial charge in [0.2, 0.25) is 0 Å². The van der Waals surface area contributed by atoms with Gasteiger partial charge in [-0.1, -0.05) is 26.0 Å². The first-order chi connectivity index (χ1) is 10.5. The maximum Gasteiger partial charge on any atom is 0.273 e. The fraction of sp³-hybridized carbons (Fsp3) is 0.412. The molecule has 5 heteroatoms. The Labute approximate surface area is 135 Å². The number of hydrogen-bond acceptors (Lipinski definition) is 4. The molecule has 4 nitrogen and oxygen atoms in total. The van der Waals surface area contributed by atoms with Gasteiger partial charge in [-0.3, -0.25) is 4.79 Å². The Balaban J connectivity index is 1.95. The van der Waals surface area contributed by atoms with Crippen LogP contribution in [-0.4, -0.2) is 29.4 Å². The molecule has 0 atom stereocenters. The van der Waals surface area contributed by atoms with Crippen LogP contribution in [0.2, 0.25) is 0 Å². The van der Waals surface area contributed by atoms with E-state index in [1.807, 2.05) is 19.1 Å². The van der Waals surface area contributed by atoms with Gasteiger partial charge in [0.25, 0.3) is 5.91 Å². The summed E-state index contributed by atoms with van der Waals surface area (Å²) in [6.45, 7) is 7.32. The third-order valence-electron chi connectivity index (χ3n) is 3.50. The summed E-state index contributed by atoms with van der Waals surface area (Å²) in [6, 6.07) is 8.10. The van der Waals surface area contributed by atoms with Crippen LogP contribution in [0, 0.1) is 0 Å². The van der Waals surface area contributed by atoms with Crippen LogP contribution < -0.4 is 4.74 Å². The average molecular weight is 318 g/mol. The van der Waals surface area contributed by atoms with Crippen molar-refractivity contribution in [3.05, 3.63) is 45.9 Å².